The molecule has 2 aromatic heterocycles. The summed E-state index contributed by atoms with van der Waals surface area (Å²) in [5.41, 5.74) is 1.79. The normalized spacial score (nSPS) is 10.8. The minimum absolute atomic E-state index is 0.180. The van der Waals surface area contributed by atoms with Crippen molar-refractivity contribution in [2.45, 2.75) is 39.2 Å². The molecular weight excluding hydrogens is 454 g/mol. The number of carbonyl (C=O) groups is 1. The molecule has 0 unspecified atom stereocenters. The van der Waals surface area contributed by atoms with E-state index in [0.29, 0.717) is 41.4 Å². The number of hydrogen-bond donors (Lipinski definition) is 1. The predicted octanol–water partition coefficient (Wildman–Crippen LogP) is 4.70. The minimum atomic E-state index is -0.180. The Morgan fingerprint density at radius 1 is 1.09 bits per heavy atom. The van der Waals surface area contributed by atoms with E-state index in [2.05, 4.69) is 32.6 Å². The molecule has 0 saturated heterocycles. The van der Waals surface area contributed by atoms with Crippen LogP contribution in [0.2, 0.25) is 0 Å². The number of anilines is 1. The van der Waals surface area contributed by atoms with Crippen LogP contribution in [-0.4, -0.2) is 33.4 Å². The summed E-state index contributed by atoms with van der Waals surface area (Å²) < 4.78 is 16.7. The summed E-state index contributed by atoms with van der Waals surface area (Å²) in [6.45, 7) is 2.50. The monoisotopic (exact) mass is 479 g/mol. The SMILES string of the molecule is CCCc1nnc(NC(=O)CCc2nc(-c3ccc(OCc4ccccc4)c(OC)c3)no2)s1. The number of ether oxygens (including phenoxy) is 2. The number of nitrogens with zero attached hydrogens (tertiary/aromatic N) is 4. The fourth-order valence-electron chi connectivity index (χ4n) is 3.16. The molecular formula is C24H25N5O4S. The molecule has 0 spiro atoms. The van der Waals surface area contributed by atoms with Gasteiger partial charge in [0.25, 0.3) is 0 Å². The Morgan fingerprint density at radius 2 is 1.94 bits per heavy atom. The number of carbonyl (C=O) groups excluding carboxylic acids is 1. The summed E-state index contributed by atoms with van der Waals surface area (Å²) >= 11 is 1.39. The molecule has 0 aliphatic carbocycles. The maximum atomic E-state index is 12.2. The van der Waals surface area contributed by atoms with E-state index in [9.17, 15) is 4.79 Å². The zero-order valence-corrected chi connectivity index (χ0v) is 19.8. The largest absolute Gasteiger partial charge is 0.493 e. The van der Waals surface area contributed by atoms with E-state index >= 15 is 0 Å². The highest BCUT2D eigenvalue weighted by molar-refractivity contribution is 7.15. The number of nitrogens with one attached hydrogen (secondary N) is 1. The van der Waals surface area contributed by atoms with Crippen LogP contribution in [0.15, 0.2) is 53.1 Å². The Bertz CT molecular complexity index is 1230. The first-order valence-electron chi connectivity index (χ1n) is 10.9. The summed E-state index contributed by atoms with van der Waals surface area (Å²) in [4.78, 5) is 16.6. The van der Waals surface area contributed by atoms with E-state index < -0.39 is 0 Å². The van der Waals surface area contributed by atoms with E-state index in [1.54, 1.807) is 13.2 Å². The molecule has 0 fully saturated rings. The zero-order valence-electron chi connectivity index (χ0n) is 19.0. The highest BCUT2D eigenvalue weighted by Crippen LogP contribution is 2.32. The van der Waals surface area contributed by atoms with Crippen LogP contribution in [0.4, 0.5) is 5.13 Å². The van der Waals surface area contributed by atoms with Crippen molar-refractivity contribution in [3.8, 4) is 22.9 Å². The van der Waals surface area contributed by atoms with Crippen molar-refractivity contribution < 1.29 is 18.8 Å². The second kappa shape index (κ2) is 11.4. The topological polar surface area (TPSA) is 112 Å². The lowest BCUT2D eigenvalue weighted by Crippen LogP contribution is -2.12. The average molecular weight is 480 g/mol. The molecule has 1 N–H and O–H groups in total. The Balaban J connectivity index is 1.33. The van der Waals surface area contributed by atoms with E-state index in [1.807, 2.05) is 42.5 Å². The van der Waals surface area contributed by atoms with Crippen molar-refractivity contribution >= 4 is 22.4 Å². The lowest BCUT2D eigenvalue weighted by molar-refractivity contribution is -0.116. The third-order valence-corrected chi connectivity index (χ3v) is 5.77. The van der Waals surface area contributed by atoms with Crippen molar-refractivity contribution in [3.63, 3.8) is 0 Å². The van der Waals surface area contributed by atoms with E-state index in [-0.39, 0.29) is 12.3 Å². The number of hydrogen-bond acceptors (Lipinski definition) is 9. The van der Waals surface area contributed by atoms with Crippen molar-refractivity contribution in [2.75, 3.05) is 12.4 Å². The van der Waals surface area contributed by atoms with Gasteiger partial charge in [0.1, 0.15) is 11.6 Å². The Hall–Kier alpha value is -3.79. The molecule has 34 heavy (non-hydrogen) atoms. The molecule has 9 nitrogen and oxygen atoms in total. The maximum Gasteiger partial charge on any atom is 0.227 e. The van der Waals surface area contributed by atoms with Gasteiger partial charge in [0, 0.05) is 24.8 Å². The van der Waals surface area contributed by atoms with Gasteiger partial charge in [-0.15, -0.1) is 10.2 Å². The van der Waals surface area contributed by atoms with Gasteiger partial charge in [-0.2, -0.15) is 4.98 Å². The lowest BCUT2D eigenvalue weighted by Gasteiger charge is -2.11. The number of methoxy groups -OCH3 is 1. The molecule has 0 atom stereocenters. The summed E-state index contributed by atoms with van der Waals surface area (Å²) in [7, 11) is 1.58. The molecule has 176 valence electrons. The highest BCUT2D eigenvalue weighted by Gasteiger charge is 2.15. The van der Waals surface area contributed by atoms with Crippen molar-refractivity contribution in [2.24, 2.45) is 0 Å². The number of aromatic nitrogens is 4. The first-order chi connectivity index (χ1) is 16.6. The van der Waals surface area contributed by atoms with Crippen LogP contribution in [0.5, 0.6) is 11.5 Å². The first-order valence-corrected chi connectivity index (χ1v) is 11.8. The molecule has 0 radical (unpaired) electrons. The number of aryl methyl sites for hydroxylation is 2. The molecule has 10 heteroatoms. The summed E-state index contributed by atoms with van der Waals surface area (Å²) in [6, 6.07) is 15.4. The van der Waals surface area contributed by atoms with Crippen LogP contribution in [0, 0.1) is 0 Å². The molecule has 2 heterocycles. The number of benzene rings is 2. The van der Waals surface area contributed by atoms with Gasteiger partial charge in [0.15, 0.2) is 11.5 Å². The van der Waals surface area contributed by atoms with Crippen molar-refractivity contribution in [3.05, 3.63) is 65.0 Å². The van der Waals surface area contributed by atoms with Crippen molar-refractivity contribution in [1.29, 1.82) is 0 Å². The maximum absolute atomic E-state index is 12.2. The van der Waals surface area contributed by atoms with E-state index in [1.165, 1.54) is 11.3 Å². The van der Waals surface area contributed by atoms with Gasteiger partial charge < -0.3 is 19.3 Å². The second-order valence-corrected chi connectivity index (χ2v) is 8.51. The Kier molecular flexibility index (Phi) is 7.82. The number of amides is 1. The zero-order chi connectivity index (χ0) is 23.8. The molecule has 1 amide bonds. The molecule has 0 saturated carbocycles. The molecule has 0 aliphatic rings. The lowest BCUT2D eigenvalue weighted by atomic mass is 10.2. The minimum Gasteiger partial charge on any atom is -0.493 e. The summed E-state index contributed by atoms with van der Waals surface area (Å²) in [6.07, 6.45) is 2.34. The van der Waals surface area contributed by atoms with Gasteiger partial charge in [-0.1, -0.05) is 53.7 Å². The Labute approximate surface area is 201 Å². The summed E-state index contributed by atoms with van der Waals surface area (Å²) in [5, 5.41) is 16.3. The second-order valence-electron chi connectivity index (χ2n) is 7.45. The van der Waals surface area contributed by atoms with Crippen LogP contribution in [0.25, 0.3) is 11.4 Å². The average Bonchev–Trinajstić information content (AvgIpc) is 3.52. The molecule has 0 aliphatic heterocycles. The van der Waals surface area contributed by atoms with Gasteiger partial charge in [0.2, 0.25) is 22.8 Å². The number of rotatable bonds is 11. The van der Waals surface area contributed by atoms with Gasteiger partial charge >= 0.3 is 0 Å². The standard InChI is InChI=1S/C24H25N5O4S/c1-3-7-22-27-28-24(34-22)25-20(30)12-13-21-26-23(29-33-21)17-10-11-18(19(14-17)31-2)32-15-16-8-5-4-6-9-16/h4-6,8-11,14H,3,7,12-13,15H2,1-2H3,(H,25,28,30). The highest BCUT2D eigenvalue weighted by atomic mass is 32.1. The summed E-state index contributed by atoms with van der Waals surface area (Å²) in [5.74, 6) is 1.79. The third-order valence-electron chi connectivity index (χ3n) is 4.87. The Morgan fingerprint density at radius 3 is 2.74 bits per heavy atom. The molecule has 4 rings (SSSR count). The van der Waals surface area contributed by atoms with Gasteiger partial charge in [-0.05, 0) is 30.2 Å². The first kappa shape index (κ1) is 23.4. The van der Waals surface area contributed by atoms with Crippen LogP contribution in [0.3, 0.4) is 0 Å². The fourth-order valence-corrected chi connectivity index (χ4v) is 4.01. The van der Waals surface area contributed by atoms with Crippen LogP contribution in [-0.2, 0) is 24.2 Å². The van der Waals surface area contributed by atoms with Gasteiger partial charge in [-0.3, -0.25) is 4.79 Å². The molecule has 4 aromatic rings. The quantitative estimate of drug-likeness (QED) is 0.329. The predicted molar refractivity (Wildman–Crippen MR) is 128 cm³/mol. The van der Waals surface area contributed by atoms with Gasteiger partial charge in [0.05, 0.1) is 7.11 Å². The smallest absolute Gasteiger partial charge is 0.227 e. The van der Waals surface area contributed by atoms with Crippen LogP contribution in [0.1, 0.15) is 36.2 Å². The fraction of sp³-hybridized carbons (Fsp3) is 0.292. The van der Waals surface area contributed by atoms with Crippen LogP contribution >= 0.6 is 11.3 Å². The van der Waals surface area contributed by atoms with E-state index in [4.69, 9.17) is 14.0 Å². The van der Waals surface area contributed by atoms with Crippen LogP contribution < -0.4 is 14.8 Å². The third kappa shape index (κ3) is 6.16. The molecule has 0 bridgehead atoms. The molecule has 2 aromatic carbocycles. The van der Waals surface area contributed by atoms with Crippen molar-refractivity contribution in [1.82, 2.24) is 20.3 Å². The van der Waals surface area contributed by atoms with E-state index in [0.717, 1.165) is 29.0 Å². The van der Waals surface area contributed by atoms with Gasteiger partial charge in [-0.25, -0.2) is 0 Å².